The highest BCUT2D eigenvalue weighted by molar-refractivity contribution is 6.31. The number of hydrogen-bond donors (Lipinski definition) is 1. The van der Waals surface area contributed by atoms with Crippen molar-refractivity contribution in [1.29, 1.82) is 0 Å². The summed E-state index contributed by atoms with van der Waals surface area (Å²) in [5, 5.41) is 13.0. The normalized spacial score (nSPS) is 11.2. The number of furan rings is 1. The molecule has 0 atom stereocenters. The molecule has 12 heteroatoms. The van der Waals surface area contributed by atoms with Crippen LogP contribution in [0.3, 0.4) is 0 Å². The number of benzene rings is 2. The Labute approximate surface area is 196 Å². The third kappa shape index (κ3) is 5.73. The average molecular weight is 496 g/mol. The average Bonchev–Trinajstić information content (AvgIpc) is 3.26. The highest BCUT2D eigenvalue weighted by Gasteiger charge is 2.33. The highest BCUT2D eigenvalue weighted by Crippen LogP contribution is 2.36. The smallest absolute Gasteiger partial charge is 0.417 e. The van der Waals surface area contributed by atoms with Gasteiger partial charge in [-0.05, 0) is 43.3 Å². The van der Waals surface area contributed by atoms with Gasteiger partial charge in [-0.2, -0.15) is 13.2 Å². The summed E-state index contributed by atoms with van der Waals surface area (Å²) >= 11 is 5.60. The van der Waals surface area contributed by atoms with Crippen molar-refractivity contribution in [3.05, 3.63) is 92.4 Å². The van der Waals surface area contributed by atoms with E-state index in [-0.39, 0.29) is 29.0 Å². The molecule has 1 N–H and O–H groups in total. The topological polar surface area (TPSA) is 106 Å². The van der Waals surface area contributed by atoms with E-state index in [1.807, 2.05) is 0 Å². The van der Waals surface area contributed by atoms with Gasteiger partial charge in [0.2, 0.25) is 5.91 Å². The van der Waals surface area contributed by atoms with Gasteiger partial charge in [-0.25, -0.2) is 0 Å². The second kappa shape index (κ2) is 9.96. The van der Waals surface area contributed by atoms with E-state index in [0.717, 1.165) is 11.0 Å². The van der Waals surface area contributed by atoms with Gasteiger partial charge in [-0.1, -0.05) is 17.7 Å². The Morgan fingerprint density at radius 3 is 2.53 bits per heavy atom. The lowest BCUT2D eigenvalue weighted by Gasteiger charge is -2.22. The molecule has 0 radical (unpaired) electrons. The molecule has 178 valence electrons. The monoisotopic (exact) mass is 495 g/mol. The zero-order chi connectivity index (χ0) is 25.0. The quantitative estimate of drug-likeness (QED) is 0.346. The SMILES string of the molecule is Cc1c(C(=O)N(CC(=O)Nc2ccc(Cl)c(C(F)(F)F)c2)Cc2ccco2)cccc1[N+](=O)[O-]. The van der Waals surface area contributed by atoms with Gasteiger partial charge in [0.05, 0.1) is 28.3 Å². The summed E-state index contributed by atoms with van der Waals surface area (Å²) in [6.45, 7) is 0.685. The molecular weight excluding hydrogens is 479 g/mol. The minimum absolute atomic E-state index is 0.000549. The summed E-state index contributed by atoms with van der Waals surface area (Å²) in [5.74, 6) is -1.16. The van der Waals surface area contributed by atoms with Crippen LogP contribution >= 0.6 is 11.6 Å². The lowest BCUT2D eigenvalue weighted by atomic mass is 10.1. The summed E-state index contributed by atoms with van der Waals surface area (Å²) in [7, 11) is 0. The maximum absolute atomic E-state index is 13.2. The van der Waals surface area contributed by atoms with Crippen molar-refractivity contribution in [2.24, 2.45) is 0 Å². The summed E-state index contributed by atoms with van der Waals surface area (Å²) in [5.41, 5.74) is -1.45. The van der Waals surface area contributed by atoms with Crippen LogP contribution in [0.5, 0.6) is 0 Å². The number of nitrogens with zero attached hydrogens (tertiary/aromatic N) is 2. The van der Waals surface area contributed by atoms with Crippen LogP contribution in [0.15, 0.2) is 59.2 Å². The Morgan fingerprint density at radius 2 is 1.91 bits per heavy atom. The Bertz CT molecular complexity index is 1230. The Kier molecular flexibility index (Phi) is 7.26. The van der Waals surface area contributed by atoms with Crippen LogP contribution in [0.4, 0.5) is 24.5 Å². The number of halogens is 4. The summed E-state index contributed by atoms with van der Waals surface area (Å²) < 4.78 is 44.5. The van der Waals surface area contributed by atoms with Crippen molar-refractivity contribution in [3.8, 4) is 0 Å². The van der Waals surface area contributed by atoms with Gasteiger partial charge in [-0.3, -0.25) is 19.7 Å². The number of anilines is 1. The number of alkyl halides is 3. The minimum atomic E-state index is -4.72. The molecule has 3 rings (SSSR count). The first-order valence-electron chi connectivity index (χ1n) is 9.69. The van der Waals surface area contributed by atoms with Crippen molar-refractivity contribution < 1.29 is 32.1 Å². The fourth-order valence-electron chi connectivity index (χ4n) is 3.21. The van der Waals surface area contributed by atoms with Crippen LogP contribution in [0, 0.1) is 17.0 Å². The van der Waals surface area contributed by atoms with Gasteiger partial charge >= 0.3 is 6.18 Å². The lowest BCUT2D eigenvalue weighted by Crippen LogP contribution is -2.38. The predicted molar refractivity (Wildman–Crippen MR) is 116 cm³/mol. The summed E-state index contributed by atoms with van der Waals surface area (Å²) in [6.07, 6.45) is -3.36. The van der Waals surface area contributed by atoms with E-state index < -0.39 is 40.0 Å². The Morgan fingerprint density at radius 1 is 1.18 bits per heavy atom. The molecule has 0 saturated carbocycles. The van der Waals surface area contributed by atoms with Gasteiger partial charge in [0, 0.05) is 22.9 Å². The lowest BCUT2D eigenvalue weighted by molar-refractivity contribution is -0.385. The number of amides is 2. The second-order valence-corrected chi connectivity index (χ2v) is 7.60. The van der Waals surface area contributed by atoms with Gasteiger partial charge in [0.15, 0.2) is 0 Å². The van der Waals surface area contributed by atoms with Crippen LogP contribution < -0.4 is 5.32 Å². The van der Waals surface area contributed by atoms with E-state index >= 15 is 0 Å². The number of carbonyl (C=O) groups is 2. The Hall–Kier alpha value is -3.86. The maximum Gasteiger partial charge on any atom is 0.417 e. The van der Waals surface area contributed by atoms with E-state index in [1.165, 1.54) is 37.5 Å². The van der Waals surface area contributed by atoms with Crippen molar-refractivity contribution in [2.45, 2.75) is 19.6 Å². The zero-order valence-electron chi connectivity index (χ0n) is 17.6. The molecule has 8 nitrogen and oxygen atoms in total. The molecule has 1 aromatic heterocycles. The molecule has 0 aliphatic heterocycles. The molecule has 34 heavy (non-hydrogen) atoms. The molecule has 0 bridgehead atoms. The van der Waals surface area contributed by atoms with E-state index in [9.17, 15) is 32.9 Å². The minimum Gasteiger partial charge on any atom is -0.467 e. The van der Waals surface area contributed by atoms with Crippen molar-refractivity contribution in [3.63, 3.8) is 0 Å². The number of rotatable bonds is 7. The van der Waals surface area contributed by atoms with Gasteiger partial charge in [-0.15, -0.1) is 0 Å². The highest BCUT2D eigenvalue weighted by atomic mass is 35.5. The number of nitrogens with one attached hydrogen (secondary N) is 1. The van der Waals surface area contributed by atoms with Crippen molar-refractivity contribution in [2.75, 3.05) is 11.9 Å². The molecular formula is C22H17ClF3N3O5. The maximum atomic E-state index is 13.2. The number of hydrogen-bond acceptors (Lipinski definition) is 5. The standard InChI is InChI=1S/C22H17ClF3N3O5/c1-13-16(5-2-6-19(13)29(32)33)21(31)28(11-15-4-3-9-34-15)12-20(30)27-14-7-8-18(23)17(10-14)22(24,25)26/h2-10H,11-12H2,1H3,(H,27,30). The molecule has 0 aliphatic carbocycles. The van der Waals surface area contributed by atoms with Crippen molar-refractivity contribution >= 4 is 34.8 Å². The molecule has 3 aromatic rings. The summed E-state index contributed by atoms with van der Waals surface area (Å²) in [6, 6.07) is 9.98. The van der Waals surface area contributed by atoms with Gasteiger partial charge in [0.25, 0.3) is 11.6 Å². The van der Waals surface area contributed by atoms with Gasteiger partial charge < -0.3 is 14.6 Å². The van der Waals surface area contributed by atoms with Crippen LogP contribution in [0.25, 0.3) is 0 Å². The first-order valence-corrected chi connectivity index (χ1v) is 10.1. The second-order valence-electron chi connectivity index (χ2n) is 7.19. The number of nitro benzene ring substituents is 1. The third-order valence-corrected chi connectivity index (χ3v) is 5.17. The molecule has 2 amide bonds. The zero-order valence-corrected chi connectivity index (χ0v) is 18.3. The molecule has 0 spiro atoms. The molecule has 2 aromatic carbocycles. The Balaban J connectivity index is 1.86. The number of carbonyl (C=O) groups excluding carboxylic acids is 2. The molecule has 0 saturated heterocycles. The molecule has 0 unspecified atom stereocenters. The van der Waals surface area contributed by atoms with Crippen LogP contribution in [0.2, 0.25) is 5.02 Å². The fourth-order valence-corrected chi connectivity index (χ4v) is 3.43. The van der Waals surface area contributed by atoms with Crippen LogP contribution in [-0.2, 0) is 17.5 Å². The van der Waals surface area contributed by atoms with E-state index in [0.29, 0.717) is 11.8 Å². The van der Waals surface area contributed by atoms with E-state index in [4.69, 9.17) is 16.0 Å². The fraction of sp³-hybridized carbons (Fsp3) is 0.182. The van der Waals surface area contributed by atoms with E-state index in [2.05, 4.69) is 5.32 Å². The third-order valence-electron chi connectivity index (χ3n) is 4.84. The predicted octanol–water partition coefficient (Wildman–Crippen LogP) is 5.45. The van der Waals surface area contributed by atoms with Crippen molar-refractivity contribution in [1.82, 2.24) is 4.90 Å². The van der Waals surface area contributed by atoms with E-state index in [1.54, 1.807) is 12.1 Å². The van der Waals surface area contributed by atoms with Crippen LogP contribution in [0.1, 0.15) is 27.2 Å². The largest absolute Gasteiger partial charge is 0.467 e. The van der Waals surface area contributed by atoms with Gasteiger partial charge in [0.1, 0.15) is 12.3 Å². The first-order chi connectivity index (χ1) is 16.0. The first kappa shape index (κ1) is 24.8. The number of nitro groups is 1. The molecule has 0 fully saturated rings. The molecule has 0 aliphatic rings. The van der Waals surface area contributed by atoms with Crippen LogP contribution in [-0.4, -0.2) is 28.2 Å². The summed E-state index contributed by atoms with van der Waals surface area (Å²) in [4.78, 5) is 37.5. The molecule has 1 heterocycles.